The molecule has 0 spiro atoms. The number of rotatable bonds is 14. The fourth-order valence-electron chi connectivity index (χ4n) is 2.47. The topological polar surface area (TPSA) is 123 Å². The fourth-order valence-corrected chi connectivity index (χ4v) is 2.97. The standard InChI is InChI=1S/C21H26N2O6S2/c1-30-9-7-26-18-5-3-14(11-16(18)20(22)24)28-13-29-15-4-6-19(27-8-10-31-2)17(12-15)21(23)25/h3-6,11-12H,7-10,13H2,1-2H3,(H2,22,24)(H2,23,25). The lowest BCUT2D eigenvalue weighted by atomic mass is 10.2. The second-order valence-electron chi connectivity index (χ2n) is 6.13. The summed E-state index contributed by atoms with van der Waals surface area (Å²) in [6.45, 7) is 0.768. The second kappa shape index (κ2) is 12.9. The number of amides is 2. The number of ether oxygens (including phenoxy) is 4. The minimum Gasteiger partial charge on any atom is -0.492 e. The van der Waals surface area contributed by atoms with Gasteiger partial charge in [0.2, 0.25) is 6.79 Å². The Morgan fingerprint density at radius 1 is 0.742 bits per heavy atom. The van der Waals surface area contributed by atoms with Gasteiger partial charge in [0, 0.05) is 11.5 Å². The Morgan fingerprint density at radius 3 is 1.52 bits per heavy atom. The predicted molar refractivity (Wildman–Crippen MR) is 124 cm³/mol. The molecule has 4 N–H and O–H groups in total. The molecule has 0 aliphatic carbocycles. The van der Waals surface area contributed by atoms with Gasteiger partial charge in [-0.25, -0.2) is 0 Å². The summed E-state index contributed by atoms with van der Waals surface area (Å²) in [6, 6.07) is 9.56. The van der Waals surface area contributed by atoms with Gasteiger partial charge >= 0.3 is 0 Å². The van der Waals surface area contributed by atoms with Gasteiger partial charge < -0.3 is 30.4 Å². The van der Waals surface area contributed by atoms with Crippen molar-refractivity contribution in [3.63, 3.8) is 0 Å². The van der Waals surface area contributed by atoms with E-state index in [1.54, 1.807) is 47.8 Å². The molecule has 0 saturated carbocycles. The second-order valence-corrected chi connectivity index (χ2v) is 8.10. The van der Waals surface area contributed by atoms with E-state index in [2.05, 4.69) is 0 Å². The van der Waals surface area contributed by atoms with E-state index < -0.39 is 11.8 Å². The lowest BCUT2D eigenvalue weighted by molar-refractivity contribution is 0.0987. The van der Waals surface area contributed by atoms with Crippen LogP contribution in [0, 0.1) is 0 Å². The predicted octanol–water partition coefficient (Wildman–Crippen LogP) is 2.78. The number of carbonyl (C=O) groups is 2. The van der Waals surface area contributed by atoms with Gasteiger partial charge in [0.05, 0.1) is 24.3 Å². The molecule has 0 aliphatic rings. The molecule has 31 heavy (non-hydrogen) atoms. The molecule has 0 unspecified atom stereocenters. The molecular formula is C21H26N2O6S2. The van der Waals surface area contributed by atoms with Gasteiger partial charge in [0.25, 0.3) is 11.8 Å². The van der Waals surface area contributed by atoms with Crippen LogP contribution in [-0.4, -0.2) is 55.8 Å². The van der Waals surface area contributed by atoms with E-state index in [1.165, 1.54) is 12.1 Å². The van der Waals surface area contributed by atoms with E-state index >= 15 is 0 Å². The Labute approximate surface area is 189 Å². The first-order chi connectivity index (χ1) is 15.0. The molecule has 2 aromatic rings. The highest BCUT2D eigenvalue weighted by molar-refractivity contribution is 7.98. The molecule has 2 aromatic carbocycles. The number of carbonyl (C=O) groups excluding carboxylic acids is 2. The Balaban J connectivity index is 2.00. The molecule has 0 atom stereocenters. The monoisotopic (exact) mass is 466 g/mol. The van der Waals surface area contributed by atoms with Crippen molar-refractivity contribution >= 4 is 35.3 Å². The third-order valence-corrected chi connectivity index (χ3v) is 5.12. The molecule has 8 nitrogen and oxygen atoms in total. The summed E-state index contributed by atoms with van der Waals surface area (Å²) in [4.78, 5) is 23.4. The molecule has 0 bridgehead atoms. The maximum Gasteiger partial charge on any atom is 0.252 e. The summed E-state index contributed by atoms with van der Waals surface area (Å²) < 4.78 is 22.3. The van der Waals surface area contributed by atoms with Crippen molar-refractivity contribution in [1.82, 2.24) is 0 Å². The molecule has 168 valence electrons. The highest BCUT2D eigenvalue weighted by Crippen LogP contribution is 2.26. The van der Waals surface area contributed by atoms with Crippen LogP contribution in [0.25, 0.3) is 0 Å². The molecule has 0 fully saturated rings. The van der Waals surface area contributed by atoms with Crippen molar-refractivity contribution in [3.05, 3.63) is 47.5 Å². The van der Waals surface area contributed by atoms with Crippen LogP contribution in [0.4, 0.5) is 0 Å². The fraction of sp³-hybridized carbons (Fsp3) is 0.333. The quantitative estimate of drug-likeness (QED) is 0.322. The van der Waals surface area contributed by atoms with E-state index in [1.807, 2.05) is 12.5 Å². The molecule has 10 heteroatoms. The van der Waals surface area contributed by atoms with Crippen LogP contribution < -0.4 is 30.4 Å². The maximum atomic E-state index is 11.7. The van der Waals surface area contributed by atoms with Crippen molar-refractivity contribution in [2.45, 2.75) is 0 Å². The van der Waals surface area contributed by atoms with Gasteiger partial charge in [0.1, 0.15) is 23.0 Å². The van der Waals surface area contributed by atoms with E-state index in [4.69, 9.17) is 30.4 Å². The number of nitrogens with two attached hydrogens (primary N) is 2. The smallest absolute Gasteiger partial charge is 0.252 e. The SMILES string of the molecule is CSCCOc1ccc(OCOc2ccc(OCCSC)c(C(N)=O)c2)cc1C(N)=O. The van der Waals surface area contributed by atoms with Crippen LogP contribution in [0.3, 0.4) is 0 Å². The average Bonchev–Trinajstić information content (AvgIpc) is 2.75. The lowest BCUT2D eigenvalue weighted by Crippen LogP contribution is -2.15. The largest absolute Gasteiger partial charge is 0.492 e. The molecule has 0 heterocycles. The molecule has 2 rings (SSSR count). The summed E-state index contributed by atoms with van der Waals surface area (Å²) in [5.41, 5.74) is 11.3. The maximum absolute atomic E-state index is 11.7. The molecule has 0 aromatic heterocycles. The summed E-state index contributed by atoms with van der Waals surface area (Å²) in [5.74, 6) is 1.92. The van der Waals surface area contributed by atoms with Gasteiger partial charge in [-0.1, -0.05) is 0 Å². The first-order valence-corrected chi connectivity index (χ1v) is 12.1. The van der Waals surface area contributed by atoms with E-state index in [0.717, 1.165) is 11.5 Å². The Hall–Kier alpha value is -2.72. The molecular weight excluding hydrogens is 440 g/mol. The van der Waals surface area contributed by atoms with Gasteiger partial charge in [0.15, 0.2) is 0 Å². The van der Waals surface area contributed by atoms with E-state index in [9.17, 15) is 9.59 Å². The zero-order chi connectivity index (χ0) is 22.6. The Bertz CT molecular complexity index is 823. The third kappa shape index (κ3) is 7.80. The first kappa shape index (κ1) is 24.5. The first-order valence-electron chi connectivity index (χ1n) is 9.33. The van der Waals surface area contributed by atoms with Crippen LogP contribution in [0.1, 0.15) is 20.7 Å². The van der Waals surface area contributed by atoms with Crippen LogP contribution in [0.2, 0.25) is 0 Å². The number of thioether (sulfide) groups is 2. The molecule has 0 saturated heterocycles. The van der Waals surface area contributed by atoms with Gasteiger partial charge in [-0.15, -0.1) is 0 Å². The lowest BCUT2D eigenvalue weighted by Gasteiger charge is -2.14. The minimum absolute atomic E-state index is 0.157. The normalized spacial score (nSPS) is 10.4. The van der Waals surface area contributed by atoms with Gasteiger partial charge in [-0.05, 0) is 48.9 Å². The third-order valence-electron chi connectivity index (χ3n) is 3.97. The van der Waals surface area contributed by atoms with Crippen LogP contribution in [0.15, 0.2) is 36.4 Å². The number of hydrogen-bond donors (Lipinski definition) is 2. The Morgan fingerprint density at radius 2 is 1.16 bits per heavy atom. The van der Waals surface area contributed by atoms with Gasteiger partial charge in [-0.2, -0.15) is 23.5 Å². The number of hydrogen-bond acceptors (Lipinski definition) is 8. The van der Waals surface area contributed by atoms with Crippen molar-refractivity contribution in [2.75, 3.05) is 44.0 Å². The van der Waals surface area contributed by atoms with Crippen molar-refractivity contribution < 1.29 is 28.5 Å². The summed E-state index contributed by atoms with van der Waals surface area (Å²) >= 11 is 3.27. The van der Waals surface area contributed by atoms with Crippen molar-refractivity contribution in [3.8, 4) is 23.0 Å². The summed E-state index contributed by atoms with van der Waals surface area (Å²) in [7, 11) is 0. The highest BCUT2D eigenvalue weighted by atomic mass is 32.2. The molecule has 0 radical (unpaired) electrons. The summed E-state index contributed by atoms with van der Waals surface area (Å²) in [5, 5.41) is 0. The zero-order valence-corrected chi connectivity index (χ0v) is 19.1. The van der Waals surface area contributed by atoms with Gasteiger partial charge in [-0.3, -0.25) is 9.59 Å². The number of benzene rings is 2. The minimum atomic E-state index is -0.617. The summed E-state index contributed by atoms with van der Waals surface area (Å²) in [6.07, 6.45) is 3.93. The van der Waals surface area contributed by atoms with E-state index in [0.29, 0.717) is 36.2 Å². The van der Waals surface area contributed by atoms with Crippen LogP contribution >= 0.6 is 23.5 Å². The van der Waals surface area contributed by atoms with E-state index in [-0.39, 0.29) is 17.9 Å². The van der Waals surface area contributed by atoms with Crippen molar-refractivity contribution in [1.29, 1.82) is 0 Å². The average molecular weight is 467 g/mol. The highest BCUT2D eigenvalue weighted by Gasteiger charge is 2.13. The zero-order valence-electron chi connectivity index (χ0n) is 17.4. The Kier molecular flexibility index (Phi) is 10.2. The molecule has 0 aliphatic heterocycles. The molecule has 2 amide bonds. The van der Waals surface area contributed by atoms with Crippen LogP contribution in [-0.2, 0) is 0 Å². The van der Waals surface area contributed by atoms with Crippen molar-refractivity contribution in [2.24, 2.45) is 11.5 Å². The number of primary amides is 2. The van der Waals surface area contributed by atoms with Crippen LogP contribution in [0.5, 0.6) is 23.0 Å².